The molecule has 0 bridgehead atoms. The van der Waals surface area contributed by atoms with Crippen molar-refractivity contribution in [3.63, 3.8) is 0 Å². The summed E-state index contributed by atoms with van der Waals surface area (Å²) in [7, 11) is 0.899. The van der Waals surface area contributed by atoms with E-state index in [4.69, 9.17) is 0 Å². The van der Waals surface area contributed by atoms with Crippen LogP contribution in [0.25, 0.3) is 11.0 Å². The van der Waals surface area contributed by atoms with E-state index in [1.54, 1.807) is 25.2 Å². The van der Waals surface area contributed by atoms with Crippen LogP contribution in [0.2, 0.25) is 0 Å². The minimum atomic E-state index is -3.60. The Hall–Kier alpha value is -2.72. The van der Waals surface area contributed by atoms with Gasteiger partial charge in [0.25, 0.3) is 5.91 Å². The molecule has 2 aromatic heterocycles. The van der Waals surface area contributed by atoms with Crippen LogP contribution in [0.1, 0.15) is 10.5 Å². The van der Waals surface area contributed by atoms with E-state index in [0.717, 1.165) is 4.31 Å². The van der Waals surface area contributed by atoms with E-state index < -0.39 is 15.9 Å². The fourth-order valence-electron chi connectivity index (χ4n) is 2.22. The Labute approximate surface area is 138 Å². The van der Waals surface area contributed by atoms with Gasteiger partial charge in [-0.15, -0.1) is 0 Å². The maximum Gasteiger partial charge on any atom is 0.272 e. The Morgan fingerprint density at radius 3 is 2.62 bits per heavy atom. The average Bonchev–Trinajstić information content (AvgIpc) is 3.13. The van der Waals surface area contributed by atoms with E-state index in [-0.39, 0.29) is 10.6 Å². The van der Waals surface area contributed by atoms with Crippen LogP contribution in [0.15, 0.2) is 35.4 Å². The number of nitrogens with zero attached hydrogens (tertiary/aromatic N) is 4. The van der Waals surface area contributed by atoms with Crippen molar-refractivity contribution in [2.75, 3.05) is 19.4 Å². The number of carbonyl (C=O) groups is 1. The quantitative estimate of drug-likeness (QED) is 0.724. The maximum atomic E-state index is 12.4. The van der Waals surface area contributed by atoms with Crippen molar-refractivity contribution < 1.29 is 13.2 Å². The molecule has 0 radical (unpaired) electrons. The number of nitrogens with one attached hydrogen (secondary N) is 2. The largest absolute Gasteiger partial charge is 0.345 e. The second-order valence-corrected chi connectivity index (χ2v) is 7.59. The van der Waals surface area contributed by atoms with E-state index >= 15 is 0 Å². The highest BCUT2D eigenvalue weighted by Crippen LogP contribution is 2.19. The van der Waals surface area contributed by atoms with Crippen LogP contribution >= 0.6 is 0 Å². The van der Waals surface area contributed by atoms with Gasteiger partial charge < -0.3 is 9.88 Å². The summed E-state index contributed by atoms with van der Waals surface area (Å²) in [6.45, 7) is 0. The van der Waals surface area contributed by atoms with Crippen LogP contribution in [-0.2, 0) is 17.1 Å². The lowest BCUT2D eigenvalue weighted by molar-refractivity contribution is 0.101. The second kappa shape index (κ2) is 5.73. The first-order valence-corrected chi connectivity index (χ1v) is 8.44. The zero-order valence-electron chi connectivity index (χ0n) is 13.3. The third kappa shape index (κ3) is 2.76. The fraction of sp³-hybridized carbons (Fsp3) is 0.214. The molecule has 3 aromatic rings. The summed E-state index contributed by atoms with van der Waals surface area (Å²) in [5.41, 5.74) is 2.08. The van der Waals surface area contributed by atoms with Gasteiger partial charge in [0.05, 0.1) is 0 Å². The van der Waals surface area contributed by atoms with E-state index in [1.807, 2.05) is 0 Å². The number of anilines is 1. The van der Waals surface area contributed by atoms with Crippen molar-refractivity contribution in [1.82, 2.24) is 24.3 Å². The molecule has 24 heavy (non-hydrogen) atoms. The standard InChI is InChI=1S/C14H16N6O3S/c1-19(2)24(22,23)10-7-13(20(3)8-10)14(21)15-9-4-5-11-12(6-9)17-18-16-11/h4-8H,1-3H3,(H,15,21)(H,16,17,18). The Kier molecular flexibility index (Phi) is 3.85. The number of sulfonamides is 1. The van der Waals surface area contributed by atoms with Gasteiger partial charge in [0.1, 0.15) is 21.6 Å². The van der Waals surface area contributed by atoms with E-state index in [2.05, 4.69) is 20.7 Å². The topological polar surface area (TPSA) is 113 Å². The molecule has 3 rings (SSSR count). The highest BCUT2D eigenvalue weighted by atomic mass is 32.2. The van der Waals surface area contributed by atoms with Gasteiger partial charge in [0.2, 0.25) is 10.0 Å². The number of hydrogen-bond donors (Lipinski definition) is 2. The first-order valence-electron chi connectivity index (χ1n) is 7.00. The molecule has 0 spiro atoms. The Balaban J connectivity index is 1.89. The summed E-state index contributed by atoms with van der Waals surface area (Å²) in [5, 5.41) is 13.1. The summed E-state index contributed by atoms with van der Waals surface area (Å²) in [6, 6.07) is 6.45. The Bertz CT molecular complexity index is 1020. The summed E-state index contributed by atoms with van der Waals surface area (Å²) in [6.07, 6.45) is 1.41. The molecule has 0 saturated carbocycles. The third-order valence-electron chi connectivity index (χ3n) is 3.57. The predicted molar refractivity (Wildman–Crippen MR) is 88.1 cm³/mol. The van der Waals surface area contributed by atoms with E-state index in [9.17, 15) is 13.2 Å². The molecule has 0 fully saturated rings. The molecular formula is C14H16N6O3S. The minimum Gasteiger partial charge on any atom is -0.345 e. The molecule has 10 heteroatoms. The van der Waals surface area contributed by atoms with Gasteiger partial charge >= 0.3 is 0 Å². The van der Waals surface area contributed by atoms with Crippen molar-refractivity contribution in [2.45, 2.75) is 4.90 Å². The second-order valence-electron chi connectivity index (χ2n) is 5.44. The molecule has 2 heterocycles. The number of benzene rings is 1. The SMILES string of the molecule is CN(C)S(=O)(=O)c1cc(C(=O)Nc2ccc3n[nH]nc3c2)n(C)c1. The van der Waals surface area contributed by atoms with Crippen molar-refractivity contribution >= 4 is 32.7 Å². The minimum absolute atomic E-state index is 0.0621. The van der Waals surface area contributed by atoms with Gasteiger partial charge in [-0.25, -0.2) is 12.7 Å². The zero-order valence-corrected chi connectivity index (χ0v) is 14.1. The molecular weight excluding hydrogens is 332 g/mol. The molecule has 0 saturated heterocycles. The number of aromatic nitrogens is 4. The molecule has 2 N–H and O–H groups in total. The fourth-order valence-corrected chi connectivity index (χ4v) is 3.20. The van der Waals surface area contributed by atoms with Crippen molar-refractivity contribution in [2.24, 2.45) is 7.05 Å². The lowest BCUT2D eigenvalue weighted by Crippen LogP contribution is -2.21. The lowest BCUT2D eigenvalue weighted by Gasteiger charge is -2.08. The molecule has 0 atom stereocenters. The first-order chi connectivity index (χ1) is 11.3. The normalized spacial score (nSPS) is 12.0. The Morgan fingerprint density at radius 2 is 1.92 bits per heavy atom. The number of hydrogen-bond acceptors (Lipinski definition) is 5. The zero-order chi connectivity index (χ0) is 17.5. The number of fused-ring (bicyclic) bond motifs is 1. The lowest BCUT2D eigenvalue weighted by atomic mass is 10.2. The smallest absolute Gasteiger partial charge is 0.272 e. The number of rotatable bonds is 4. The van der Waals surface area contributed by atoms with Gasteiger partial charge in [-0.05, 0) is 24.3 Å². The van der Waals surface area contributed by atoms with Crippen molar-refractivity contribution in [3.05, 3.63) is 36.2 Å². The Morgan fingerprint density at radius 1 is 1.21 bits per heavy atom. The van der Waals surface area contributed by atoms with Gasteiger partial charge in [-0.1, -0.05) is 0 Å². The molecule has 1 aromatic carbocycles. The summed E-state index contributed by atoms with van der Waals surface area (Å²) < 4.78 is 26.9. The van der Waals surface area contributed by atoms with E-state index in [1.165, 1.54) is 30.9 Å². The van der Waals surface area contributed by atoms with Crippen LogP contribution in [0, 0.1) is 0 Å². The van der Waals surface area contributed by atoms with Crippen LogP contribution in [0.5, 0.6) is 0 Å². The van der Waals surface area contributed by atoms with Gasteiger partial charge in [-0.3, -0.25) is 4.79 Å². The predicted octanol–water partition coefficient (Wildman–Crippen LogP) is 0.799. The number of H-pyrrole nitrogens is 1. The van der Waals surface area contributed by atoms with Gasteiger partial charge in [0, 0.05) is 33.0 Å². The number of carbonyl (C=O) groups excluding carboxylic acids is 1. The monoisotopic (exact) mass is 348 g/mol. The molecule has 1 amide bonds. The number of amides is 1. The van der Waals surface area contributed by atoms with Crippen LogP contribution in [0.3, 0.4) is 0 Å². The first kappa shape index (κ1) is 16.1. The van der Waals surface area contributed by atoms with Crippen LogP contribution < -0.4 is 5.32 Å². The summed E-state index contributed by atoms with van der Waals surface area (Å²) in [4.78, 5) is 12.5. The van der Waals surface area contributed by atoms with Gasteiger partial charge in [0.15, 0.2) is 0 Å². The molecule has 126 valence electrons. The average molecular weight is 348 g/mol. The van der Waals surface area contributed by atoms with Crippen molar-refractivity contribution in [3.8, 4) is 0 Å². The van der Waals surface area contributed by atoms with Crippen LogP contribution in [-0.4, -0.2) is 52.7 Å². The van der Waals surface area contributed by atoms with Gasteiger partial charge in [-0.2, -0.15) is 15.4 Å². The van der Waals surface area contributed by atoms with Crippen LogP contribution in [0.4, 0.5) is 5.69 Å². The molecule has 0 aliphatic carbocycles. The molecule has 0 aliphatic rings. The third-order valence-corrected chi connectivity index (χ3v) is 5.35. The van der Waals surface area contributed by atoms with Crippen molar-refractivity contribution in [1.29, 1.82) is 0 Å². The maximum absolute atomic E-state index is 12.4. The molecule has 0 unspecified atom stereocenters. The van der Waals surface area contributed by atoms with E-state index in [0.29, 0.717) is 16.7 Å². The summed E-state index contributed by atoms with van der Waals surface area (Å²) >= 11 is 0. The highest BCUT2D eigenvalue weighted by Gasteiger charge is 2.22. The number of aromatic amines is 1. The molecule has 9 nitrogen and oxygen atoms in total. The summed E-state index contributed by atoms with van der Waals surface area (Å²) in [5.74, 6) is -0.416. The molecule has 0 aliphatic heterocycles. The number of aryl methyl sites for hydroxylation is 1. The highest BCUT2D eigenvalue weighted by molar-refractivity contribution is 7.89.